The number of aromatic nitrogens is 2. The number of fused-ring (bicyclic) bond motifs is 1. The first kappa shape index (κ1) is 13.7. The van der Waals surface area contributed by atoms with Gasteiger partial charge in [-0.15, -0.1) is 0 Å². The molecule has 0 spiro atoms. The third-order valence-corrected chi connectivity index (χ3v) is 5.03. The van der Waals surface area contributed by atoms with E-state index in [1.807, 2.05) is 0 Å². The van der Waals surface area contributed by atoms with Crippen molar-refractivity contribution in [2.75, 3.05) is 0 Å². The lowest BCUT2D eigenvalue weighted by atomic mass is 10.3. The maximum atomic E-state index is 12.7. The van der Waals surface area contributed by atoms with Crippen molar-refractivity contribution in [2.45, 2.75) is 11.1 Å². The number of thiol groups is 1. The van der Waals surface area contributed by atoms with Gasteiger partial charge >= 0.3 is 6.18 Å². The lowest BCUT2D eigenvalue weighted by molar-refractivity contribution is -0.0878. The average Bonchev–Trinajstić information content (AvgIpc) is 3.01. The summed E-state index contributed by atoms with van der Waals surface area (Å²) in [6, 6.07) is 3.36. The summed E-state index contributed by atoms with van der Waals surface area (Å²) < 4.78 is 38.2. The van der Waals surface area contributed by atoms with E-state index >= 15 is 0 Å². The molecule has 0 bridgehead atoms. The molecule has 0 fully saturated rings. The maximum Gasteiger partial charge on any atom is 0.416 e. The molecular weight excluding hydrogens is 303 g/mol. The Balaban J connectivity index is 2.17. The highest BCUT2D eigenvalue weighted by molar-refractivity contribution is 8.22. The summed E-state index contributed by atoms with van der Waals surface area (Å²) in [5.74, 6) is -0.715. The number of hydrogen-bond donors (Lipinski definition) is 3. The molecule has 1 aliphatic heterocycles. The number of hydrogen-bond acceptors (Lipinski definition) is 2. The normalized spacial score (nSPS) is 20.0. The molecule has 0 aliphatic carbocycles. The Labute approximate surface area is 119 Å². The van der Waals surface area contributed by atoms with Gasteiger partial charge in [0.25, 0.3) is 5.91 Å². The van der Waals surface area contributed by atoms with E-state index in [4.69, 9.17) is 5.73 Å². The molecule has 21 heavy (non-hydrogen) atoms. The van der Waals surface area contributed by atoms with Gasteiger partial charge in [-0.3, -0.25) is 9.78 Å². The number of allylic oxidation sites excluding steroid dienone is 2. The molecule has 1 aliphatic rings. The number of nitrogens with two attached hydrogens (primary N) is 1. The molecule has 0 saturated heterocycles. The molecule has 110 valence electrons. The first-order valence-corrected chi connectivity index (χ1v) is 7.38. The van der Waals surface area contributed by atoms with Crippen LogP contribution in [0.3, 0.4) is 0 Å². The summed E-state index contributed by atoms with van der Waals surface area (Å²) >= 11 is 0. The van der Waals surface area contributed by atoms with E-state index in [1.54, 1.807) is 12.1 Å². The Morgan fingerprint density at radius 1 is 1.38 bits per heavy atom. The lowest BCUT2D eigenvalue weighted by Gasteiger charge is -2.11. The predicted octanol–water partition coefficient (Wildman–Crippen LogP) is 3.00. The zero-order valence-electron chi connectivity index (χ0n) is 10.5. The predicted molar refractivity (Wildman–Crippen MR) is 75.1 cm³/mol. The standard InChI is InChI=1S/C13H10F3N3OS/c14-13(15,16)7-3-5-21(6-7)11-9-8(2-1-4-18-9)19-10(11)12(17)20/h1-6,19,21H,(H2,17,20). The molecule has 1 atom stereocenters. The maximum absolute atomic E-state index is 12.7. The van der Waals surface area contributed by atoms with Crippen molar-refractivity contribution in [1.29, 1.82) is 0 Å². The highest BCUT2D eigenvalue weighted by atomic mass is 32.2. The van der Waals surface area contributed by atoms with Crippen LogP contribution in [0.15, 0.2) is 45.7 Å². The summed E-state index contributed by atoms with van der Waals surface area (Å²) in [5, 5.41) is 2.57. The number of carbonyl (C=O) groups is 1. The van der Waals surface area contributed by atoms with Crippen molar-refractivity contribution in [3.05, 3.63) is 46.5 Å². The molecule has 2 aromatic heterocycles. The number of amides is 1. The summed E-state index contributed by atoms with van der Waals surface area (Å²) in [7, 11) is -1.42. The largest absolute Gasteiger partial charge is 0.416 e. The number of primary amides is 1. The molecule has 0 saturated carbocycles. The molecule has 3 N–H and O–H groups in total. The topological polar surface area (TPSA) is 71.8 Å². The fraction of sp³-hybridized carbons (Fsp3) is 0.0769. The third-order valence-electron chi connectivity index (χ3n) is 3.05. The second-order valence-electron chi connectivity index (χ2n) is 4.42. The second-order valence-corrected chi connectivity index (χ2v) is 6.24. The van der Waals surface area contributed by atoms with E-state index in [0.29, 0.717) is 15.9 Å². The van der Waals surface area contributed by atoms with Crippen LogP contribution in [0, 0.1) is 0 Å². The van der Waals surface area contributed by atoms with Crippen LogP contribution in [0.1, 0.15) is 10.5 Å². The van der Waals surface area contributed by atoms with Crippen LogP contribution in [0.5, 0.6) is 0 Å². The zero-order chi connectivity index (χ0) is 15.2. The highest BCUT2D eigenvalue weighted by Crippen LogP contribution is 2.51. The fourth-order valence-electron chi connectivity index (χ4n) is 2.14. The molecule has 8 heteroatoms. The van der Waals surface area contributed by atoms with Gasteiger partial charge in [0.1, 0.15) is 11.2 Å². The van der Waals surface area contributed by atoms with E-state index in [9.17, 15) is 18.0 Å². The molecule has 0 radical (unpaired) electrons. The number of aromatic amines is 1. The summed E-state index contributed by atoms with van der Waals surface area (Å²) in [6.45, 7) is 0. The van der Waals surface area contributed by atoms with Gasteiger partial charge in [0.15, 0.2) is 0 Å². The van der Waals surface area contributed by atoms with Crippen LogP contribution < -0.4 is 5.73 Å². The monoisotopic (exact) mass is 313 g/mol. The van der Waals surface area contributed by atoms with Crippen LogP contribution >= 0.6 is 10.9 Å². The Morgan fingerprint density at radius 3 is 2.76 bits per heavy atom. The summed E-state index contributed by atoms with van der Waals surface area (Å²) in [6.07, 6.45) is -1.85. The molecule has 0 aromatic carbocycles. The number of alkyl halides is 3. The summed E-state index contributed by atoms with van der Waals surface area (Å²) in [4.78, 5) is 18.9. The van der Waals surface area contributed by atoms with E-state index in [-0.39, 0.29) is 5.69 Å². The van der Waals surface area contributed by atoms with Crippen molar-refractivity contribution in [3.8, 4) is 0 Å². The molecule has 1 amide bonds. The number of halogens is 3. The minimum atomic E-state index is -4.40. The van der Waals surface area contributed by atoms with Crippen LogP contribution in [0.4, 0.5) is 13.2 Å². The highest BCUT2D eigenvalue weighted by Gasteiger charge is 2.35. The van der Waals surface area contributed by atoms with Crippen LogP contribution in [-0.2, 0) is 0 Å². The second kappa shape index (κ2) is 4.66. The van der Waals surface area contributed by atoms with Crippen molar-refractivity contribution in [1.82, 2.24) is 9.97 Å². The fourth-order valence-corrected chi connectivity index (χ4v) is 4.20. The molecule has 2 aromatic rings. The van der Waals surface area contributed by atoms with Crippen molar-refractivity contribution in [2.24, 2.45) is 5.73 Å². The number of H-pyrrole nitrogens is 1. The number of rotatable bonds is 2. The van der Waals surface area contributed by atoms with Gasteiger partial charge < -0.3 is 10.7 Å². The zero-order valence-corrected chi connectivity index (χ0v) is 11.4. The van der Waals surface area contributed by atoms with Gasteiger partial charge in [0, 0.05) is 6.20 Å². The Bertz CT molecular complexity index is 792. The van der Waals surface area contributed by atoms with Gasteiger partial charge in [-0.2, -0.15) is 24.1 Å². The molecular formula is C13H10F3N3OS. The quantitative estimate of drug-likeness (QED) is 0.746. The van der Waals surface area contributed by atoms with E-state index in [2.05, 4.69) is 9.97 Å². The first-order valence-electron chi connectivity index (χ1n) is 5.90. The van der Waals surface area contributed by atoms with Gasteiger partial charge in [-0.05, 0) is 29.0 Å². The number of carbonyl (C=O) groups excluding carboxylic acids is 1. The van der Waals surface area contributed by atoms with Crippen LogP contribution in [-0.4, -0.2) is 22.1 Å². The number of pyridine rings is 1. The first-order chi connectivity index (χ1) is 9.88. The van der Waals surface area contributed by atoms with Crippen molar-refractivity contribution in [3.63, 3.8) is 0 Å². The summed E-state index contributed by atoms with van der Waals surface area (Å²) in [5.41, 5.74) is 5.76. The van der Waals surface area contributed by atoms with Crippen molar-refractivity contribution >= 4 is 27.8 Å². The lowest BCUT2D eigenvalue weighted by Crippen LogP contribution is -2.12. The minimum absolute atomic E-state index is 0.110. The molecule has 1 unspecified atom stereocenters. The van der Waals surface area contributed by atoms with Crippen molar-refractivity contribution < 1.29 is 18.0 Å². The van der Waals surface area contributed by atoms with Gasteiger partial charge in [-0.1, -0.05) is 0 Å². The average molecular weight is 313 g/mol. The van der Waals surface area contributed by atoms with E-state index < -0.39 is 28.6 Å². The van der Waals surface area contributed by atoms with Crippen LogP contribution in [0.25, 0.3) is 11.0 Å². The Kier molecular flexibility index (Phi) is 3.05. The third kappa shape index (κ3) is 2.31. The minimum Gasteiger partial charge on any atom is -0.364 e. The molecule has 4 nitrogen and oxygen atoms in total. The smallest absolute Gasteiger partial charge is 0.364 e. The number of nitrogens with one attached hydrogen (secondary N) is 1. The molecule has 3 heterocycles. The SMILES string of the molecule is NC(=O)c1[nH]c2cccnc2c1[SH]1C=CC(C(F)(F)F)=C1. The van der Waals surface area contributed by atoms with Crippen LogP contribution in [0.2, 0.25) is 0 Å². The Morgan fingerprint density at radius 2 is 2.14 bits per heavy atom. The van der Waals surface area contributed by atoms with E-state index in [1.165, 1.54) is 11.6 Å². The van der Waals surface area contributed by atoms with Gasteiger partial charge in [-0.25, -0.2) is 0 Å². The van der Waals surface area contributed by atoms with Gasteiger partial charge in [0.2, 0.25) is 0 Å². The Hall–Kier alpha value is -2.22. The van der Waals surface area contributed by atoms with Gasteiger partial charge in [0.05, 0.1) is 16.0 Å². The molecule has 3 rings (SSSR count). The number of nitrogens with zero attached hydrogens (tertiary/aromatic N) is 1. The van der Waals surface area contributed by atoms with E-state index in [0.717, 1.165) is 11.5 Å².